The van der Waals surface area contributed by atoms with Crippen molar-refractivity contribution < 1.29 is 4.79 Å². The minimum atomic E-state index is -0.155. The average molecular weight is 305 g/mol. The summed E-state index contributed by atoms with van der Waals surface area (Å²) in [6, 6.07) is 2.43. The first-order chi connectivity index (χ1) is 10.2. The second kappa shape index (κ2) is 5.98. The molecule has 0 aromatic carbocycles. The van der Waals surface area contributed by atoms with Crippen LogP contribution < -0.4 is 5.32 Å². The van der Waals surface area contributed by atoms with Crippen LogP contribution >= 0.6 is 11.6 Å². The Morgan fingerprint density at radius 1 is 1.24 bits per heavy atom. The highest BCUT2D eigenvalue weighted by atomic mass is 35.5. The summed E-state index contributed by atoms with van der Waals surface area (Å²) in [6.07, 6.45) is 6.11. The molecular formula is C15H17ClN4O. The van der Waals surface area contributed by atoms with E-state index >= 15 is 0 Å². The molecule has 0 spiro atoms. The molecule has 1 aromatic rings. The van der Waals surface area contributed by atoms with E-state index in [2.05, 4.69) is 21.4 Å². The number of nitrogens with zero attached hydrogens (tertiary/aromatic N) is 3. The van der Waals surface area contributed by atoms with Gasteiger partial charge < -0.3 is 5.32 Å². The van der Waals surface area contributed by atoms with Gasteiger partial charge in [0.05, 0.1) is 6.07 Å². The lowest BCUT2D eigenvalue weighted by Crippen LogP contribution is -2.38. The molecule has 6 heteroatoms. The van der Waals surface area contributed by atoms with Crippen molar-refractivity contribution in [3.63, 3.8) is 0 Å². The monoisotopic (exact) mass is 304 g/mol. The summed E-state index contributed by atoms with van der Waals surface area (Å²) in [5, 5.41) is 12.1. The Morgan fingerprint density at radius 2 is 2.00 bits per heavy atom. The highest BCUT2D eigenvalue weighted by Crippen LogP contribution is 2.26. The number of fused-ring (bicyclic) bond motifs is 1. The van der Waals surface area contributed by atoms with Gasteiger partial charge in [-0.25, -0.2) is 9.97 Å². The largest absolute Gasteiger partial charge is 0.348 e. The van der Waals surface area contributed by atoms with Gasteiger partial charge in [0, 0.05) is 23.2 Å². The van der Waals surface area contributed by atoms with Gasteiger partial charge >= 0.3 is 0 Å². The van der Waals surface area contributed by atoms with Gasteiger partial charge in [0.25, 0.3) is 5.91 Å². The Labute approximate surface area is 128 Å². The van der Waals surface area contributed by atoms with E-state index in [9.17, 15) is 4.79 Å². The lowest BCUT2D eigenvalue weighted by molar-refractivity contribution is 0.0918. The molecule has 1 N–H and O–H groups in total. The number of carbonyl (C=O) groups is 1. The second-order valence-electron chi connectivity index (χ2n) is 5.77. The minimum Gasteiger partial charge on any atom is -0.348 e. The van der Waals surface area contributed by atoms with Crippen LogP contribution in [-0.2, 0) is 12.8 Å². The zero-order valence-corrected chi connectivity index (χ0v) is 12.5. The summed E-state index contributed by atoms with van der Waals surface area (Å²) < 4.78 is 0. The molecular weight excluding hydrogens is 288 g/mol. The maximum Gasteiger partial charge on any atom is 0.270 e. The zero-order chi connectivity index (χ0) is 14.8. The summed E-state index contributed by atoms with van der Waals surface area (Å²) in [6.45, 7) is 0. The van der Waals surface area contributed by atoms with Crippen molar-refractivity contribution in [1.29, 1.82) is 5.26 Å². The van der Waals surface area contributed by atoms with Crippen molar-refractivity contribution >= 4 is 17.5 Å². The zero-order valence-electron chi connectivity index (χ0n) is 11.7. The summed E-state index contributed by atoms with van der Waals surface area (Å²) in [5.74, 6) is -0.0197. The first-order valence-corrected chi connectivity index (χ1v) is 7.81. The van der Waals surface area contributed by atoms with Crippen LogP contribution in [0.2, 0.25) is 5.28 Å². The number of hydrogen-bond acceptors (Lipinski definition) is 4. The van der Waals surface area contributed by atoms with Crippen molar-refractivity contribution in [1.82, 2.24) is 15.3 Å². The van der Waals surface area contributed by atoms with Gasteiger partial charge in [-0.15, -0.1) is 0 Å². The Hall–Kier alpha value is -1.67. The van der Waals surface area contributed by atoms with Crippen LogP contribution in [0.25, 0.3) is 0 Å². The van der Waals surface area contributed by atoms with Crippen LogP contribution in [-0.4, -0.2) is 21.9 Å². The summed E-state index contributed by atoms with van der Waals surface area (Å²) in [5.41, 5.74) is 2.29. The van der Waals surface area contributed by atoms with Gasteiger partial charge in [0.2, 0.25) is 5.28 Å². The molecule has 2 aliphatic carbocycles. The lowest BCUT2D eigenvalue weighted by Gasteiger charge is -2.25. The lowest BCUT2D eigenvalue weighted by atomic mass is 9.87. The molecule has 0 radical (unpaired) electrons. The van der Waals surface area contributed by atoms with Crippen LogP contribution in [0.1, 0.15) is 53.8 Å². The van der Waals surface area contributed by atoms with Gasteiger partial charge in [0.15, 0.2) is 0 Å². The summed E-state index contributed by atoms with van der Waals surface area (Å²) in [4.78, 5) is 20.8. The number of nitrogens with one attached hydrogen (secondary N) is 1. The molecule has 1 aromatic heterocycles. The third-order valence-corrected chi connectivity index (χ3v) is 4.53. The molecule has 21 heavy (non-hydrogen) atoms. The fourth-order valence-corrected chi connectivity index (χ4v) is 3.40. The third kappa shape index (κ3) is 3.01. The standard InChI is InChI=1S/C15H17ClN4O/c16-15-19-12-3-1-2-11(12)13(20-15)14(21)18-10-6-4-9(8-17)5-7-10/h9-10H,1-7H2,(H,18,21). The molecule has 3 rings (SSSR count). The van der Waals surface area contributed by atoms with E-state index in [0.29, 0.717) is 5.69 Å². The predicted octanol–water partition coefficient (Wildman–Crippen LogP) is 2.43. The molecule has 5 nitrogen and oxygen atoms in total. The van der Waals surface area contributed by atoms with Gasteiger partial charge in [-0.05, 0) is 56.5 Å². The fourth-order valence-electron chi connectivity index (χ4n) is 3.21. The normalized spacial score (nSPS) is 24.2. The van der Waals surface area contributed by atoms with Crippen molar-refractivity contribution in [2.75, 3.05) is 0 Å². The average Bonchev–Trinajstić information content (AvgIpc) is 2.95. The van der Waals surface area contributed by atoms with Crippen LogP contribution in [0.5, 0.6) is 0 Å². The van der Waals surface area contributed by atoms with E-state index in [1.54, 1.807) is 0 Å². The Kier molecular flexibility index (Phi) is 4.07. The number of rotatable bonds is 2. The van der Waals surface area contributed by atoms with E-state index in [0.717, 1.165) is 56.2 Å². The van der Waals surface area contributed by atoms with Crippen LogP contribution in [0.4, 0.5) is 0 Å². The third-order valence-electron chi connectivity index (χ3n) is 4.37. The number of carbonyl (C=O) groups excluding carboxylic acids is 1. The molecule has 1 fully saturated rings. The highest BCUT2D eigenvalue weighted by molar-refractivity contribution is 6.28. The predicted molar refractivity (Wildman–Crippen MR) is 77.9 cm³/mol. The van der Waals surface area contributed by atoms with E-state index in [4.69, 9.17) is 16.9 Å². The fraction of sp³-hybridized carbons (Fsp3) is 0.600. The Balaban J connectivity index is 1.71. The van der Waals surface area contributed by atoms with E-state index in [1.165, 1.54) is 0 Å². The molecule has 0 unspecified atom stereocenters. The van der Waals surface area contributed by atoms with Gasteiger partial charge in [-0.2, -0.15) is 5.26 Å². The topological polar surface area (TPSA) is 78.7 Å². The second-order valence-corrected chi connectivity index (χ2v) is 6.11. The number of halogens is 1. The van der Waals surface area contributed by atoms with Crippen molar-refractivity contribution in [2.45, 2.75) is 51.0 Å². The minimum absolute atomic E-state index is 0.132. The molecule has 1 amide bonds. The maximum atomic E-state index is 12.5. The van der Waals surface area contributed by atoms with E-state index < -0.39 is 0 Å². The summed E-state index contributed by atoms with van der Waals surface area (Å²) >= 11 is 5.91. The van der Waals surface area contributed by atoms with Crippen molar-refractivity contribution in [2.24, 2.45) is 5.92 Å². The molecule has 0 atom stereocenters. The highest BCUT2D eigenvalue weighted by Gasteiger charge is 2.26. The first kappa shape index (κ1) is 14.3. The van der Waals surface area contributed by atoms with Crippen LogP contribution in [0.15, 0.2) is 0 Å². The molecule has 0 aliphatic heterocycles. The Bertz CT molecular complexity index is 602. The number of aromatic nitrogens is 2. The SMILES string of the molecule is N#CC1CCC(NC(=O)c2nc(Cl)nc3c2CCC3)CC1. The molecule has 110 valence electrons. The van der Waals surface area contributed by atoms with Gasteiger partial charge in [0.1, 0.15) is 5.69 Å². The maximum absolute atomic E-state index is 12.5. The van der Waals surface area contributed by atoms with Crippen molar-refractivity contribution in [3.05, 3.63) is 22.2 Å². The van der Waals surface area contributed by atoms with Crippen LogP contribution in [0.3, 0.4) is 0 Å². The smallest absolute Gasteiger partial charge is 0.270 e. The van der Waals surface area contributed by atoms with Gasteiger partial charge in [-0.3, -0.25) is 4.79 Å². The number of aryl methyl sites for hydroxylation is 1. The number of hydrogen-bond donors (Lipinski definition) is 1. The quantitative estimate of drug-likeness (QED) is 0.851. The molecule has 1 heterocycles. The summed E-state index contributed by atoms with van der Waals surface area (Å²) in [7, 11) is 0. The van der Waals surface area contributed by atoms with E-state index in [1.807, 2.05) is 0 Å². The number of amides is 1. The van der Waals surface area contributed by atoms with Crippen molar-refractivity contribution in [3.8, 4) is 6.07 Å². The Morgan fingerprint density at radius 3 is 2.71 bits per heavy atom. The van der Waals surface area contributed by atoms with Gasteiger partial charge in [-0.1, -0.05) is 0 Å². The molecule has 1 saturated carbocycles. The molecule has 0 saturated heterocycles. The van der Waals surface area contributed by atoms with E-state index in [-0.39, 0.29) is 23.2 Å². The van der Waals surface area contributed by atoms with Crippen LogP contribution in [0, 0.1) is 17.2 Å². The number of nitriles is 1. The molecule has 0 bridgehead atoms. The molecule has 2 aliphatic rings. The first-order valence-electron chi connectivity index (χ1n) is 7.43.